The summed E-state index contributed by atoms with van der Waals surface area (Å²) in [6.45, 7) is 1.52. The van der Waals surface area contributed by atoms with Gasteiger partial charge in [-0.3, -0.25) is 0 Å². The van der Waals surface area contributed by atoms with Crippen LogP contribution >= 0.6 is 11.3 Å². The zero-order valence-corrected chi connectivity index (χ0v) is 9.17. The molecule has 0 fully saturated rings. The van der Waals surface area contributed by atoms with Gasteiger partial charge in [0, 0.05) is 0 Å². The summed E-state index contributed by atoms with van der Waals surface area (Å²) in [5.74, 6) is -0.525. The van der Waals surface area contributed by atoms with E-state index in [2.05, 4.69) is 10.1 Å². The fourth-order valence-electron chi connectivity index (χ4n) is 0.804. The Hall–Kier alpha value is -1.56. The quantitative estimate of drug-likeness (QED) is 0.796. The van der Waals surface area contributed by atoms with Crippen LogP contribution in [0.2, 0.25) is 0 Å². The number of alkyl carbamates (subject to hydrolysis) is 1. The van der Waals surface area contributed by atoms with Gasteiger partial charge in [-0.25, -0.2) is 9.59 Å². The SMILES string of the molecule is COC(=O)N[C@@H](C)C(=O)Oc1cccs1. The number of methoxy groups -OCH3 is 1. The van der Waals surface area contributed by atoms with Gasteiger partial charge in [0.25, 0.3) is 0 Å². The molecule has 0 aromatic carbocycles. The molecule has 0 aliphatic heterocycles. The molecule has 15 heavy (non-hydrogen) atoms. The normalized spacial score (nSPS) is 11.6. The van der Waals surface area contributed by atoms with E-state index in [1.54, 1.807) is 17.5 Å². The molecule has 0 aliphatic carbocycles. The molecular weight excluding hydrogens is 218 g/mol. The third kappa shape index (κ3) is 3.59. The van der Waals surface area contributed by atoms with Crippen LogP contribution in [0, 0.1) is 0 Å². The number of amides is 1. The first-order chi connectivity index (χ1) is 7.13. The molecule has 1 atom stereocenters. The Kier molecular flexibility index (Phi) is 4.11. The minimum absolute atomic E-state index is 0.499. The van der Waals surface area contributed by atoms with Crippen LogP contribution in [0.25, 0.3) is 0 Å². The molecule has 0 aliphatic rings. The van der Waals surface area contributed by atoms with E-state index in [1.807, 2.05) is 0 Å². The smallest absolute Gasteiger partial charge is 0.407 e. The molecule has 1 aromatic rings. The predicted octanol–water partition coefficient (Wildman–Crippen LogP) is 1.40. The van der Waals surface area contributed by atoms with E-state index >= 15 is 0 Å². The van der Waals surface area contributed by atoms with Gasteiger partial charge in [0.2, 0.25) is 0 Å². The Labute approximate surface area is 91.0 Å². The van der Waals surface area contributed by atoms with Crippen molar-refractivity contribution in [2.75, 3.05) is 7.11 Å². The highest BCUT2D eigenvalue weighted by Gasteiger charge is 2.18. The molecule has 82 valence electrons. The number of carbonyl (C=O) groups is 2. The predicted molar refractivity (Wildman–Crippen MR) is 55.0 cm³/mol. The maximum absolute atomic E-state index is 11.4. The molecule has 1 rings (SSSR count). The first kappa shape index (κ1) is 11.5. The lowest BCUT2D eigenvalue weighted by atomic mass is 10.3. The summed E-state index contributed by atoms with van der Waals surface area (Å²) in [5.41, 5.74) is 0. The second-order valence-corrected chi connectivity index (χ2v) is 3.62. The highest BCUT2D eigenvalue weighted by molar-refractivity contribution is 7.11. The van der Waals surface area contributed by atoms with Crippen LogP contribution in [-0.2, 0) is 9.53 Å². The van der Waals surface area contributed by atoms with E-state index in [9.17, 15) is 9.59 Å². The van der Waals surface area contributed by atoms with E-state index < -0.39 is 18.1 Å². The molecule has 0 saturated carbocycles. The molecule has 0 saturated heterocycles. The maximum Gasteiger partial charge on any atom is 0.407 e. The Morgan fingerprint density at radius 2 is 2.27 bits per heavy atom. The van der Waals surface area contributed by atoms with Crippen LogP contribution in [-0.4, -0.2) is 25.2 Å². The summed E-state index contributed by atoms with van der Waals surface area (Å²) in [4.78, 5) is 22.2. The van der Waals surface area contributed by atoms with Crippen LogP contribution in [0.3, 0.4) is 0 Å². The number of hydrogen-bond acceptors (Lipinski definition) is 5. The second-order valence-electron chi connectivity index (χ2n) is 2.71. The number of thiophene rings is 1. The lowest BCUT2D eigenvalue weighted by molar-refractivity contribution is -0.135. The molecule has 1 N–H and O–H groups in total. The number of hydrogen-bond donors (Lipinski definition) is 1. The average molecular weight is 229 g/mol. The van der Waals surface area contributed by atoms with Gasteiger partial charge in [-0.15, -0.1) is 11.3 Å². The topological polar surface area (TPSA) is 64.6 Å². The number of nitrogens with one attached hydrogen (secondary N) is 1. The Bertz CT molecular complexity index is 336. The second kappa shape index (κ2) is 5.35. The molecule has 0 bridgehead atoms. The van der Waals surface area contributed by atoms with Crippen molar-refractivity contribution >= 4 is 23.4 Å². The zero-order valence-electron chi connectivity index (χ0n) is 8.35. The fourth-order valence-corrected chi connectivity index (χ4v) is 1.38. The summed E-state index contributed by atoms with van der Waals surface area (Å²) >= 11 is 1.31. The first-order valence-corrected chi connectivity index (χ1v) is 5.11. The van der Waals surface area contributed by atoms with E-state index in [1.165, 1.54) is 25.4 Å². The highest BCUT2D eigenvalue weighted by Crippen LogP contribution is 2.18. The van der Waals surface area contributed by atoms with Gasteiger partial charge >= 0.3 is 12.1 Å². The molecule has 1 aromatic heterocycles. The van der Waals surface area contributed by atoms with Crippen LogP contribution in [0.1, 0.15) is 6.92 Å². The summed E-state index contributed by atoms with van der Waals surface area (Å²) < 4.78 is 9.32. The van der Waals surface area contributed by atoms with Gasteiger partial charge in [0.05, 0.1) is 7.11 Å². The molecule has 6 heteroatoms. The number of carbonyl (C=O) groups excluding carboxylic acids is 2. The fraction of sp³-hybridized carbons (Fsp3) is 0.333. The Balaban J connectivity index is 2.43. The standard InChI is InChI=1S/C9H11NO4S/c1-6(10-9(12)13-2)8(11)14-7-4-3-5-15-7/h3-6H,1-2H3,(H,10,12)/t6-/m0/s1. The molecule has 0 unspecified atom stereocenters. The largest absolute Gasteiger partial charge is 0.453 e. The van der Waals surface area contributed by atoms with Crippen LogP contribution in [0.5, 0.6) is 5.06 Å². The maximum atomic E-state index is 11.4. The van der Waals surface area contributed by atoms with Gasteiger partial charge < -0.3 is 14.8 Å². The van der Waals surface area contributed by atoms with Crippen LogP contribution < -0.4 is 10.1 Å². The van der Waals surface area contributed by atoms with Crippen molar-refractivity contribution in [2.24, 2.45) is 0 Å². The summed E-state index contributed by atoms with van der Waals surface area (Å²) in [6, 6.07) is 2.71. The van der Waals surface area contributed by atoms with E-state index in [0.717, 1.165) is 0 Å². The van der Waals surface area contributed by atoms with Crippen molar-refractivity contribution in [3.63, 3.8) is 0 Å². The third-order valence-corrected chi connectivity index (χ3v) is 2.31. The Morgan fingerprint density at radius 3 is 2.80 bits per heavy atom. The van der Waals surface area contributed by atoms with Crippen molar-refractivity contribution in [1.29, 1.82) is 0 Å². The number of rotatable bonds is 3. The van der Waals surface area contributed by atoms with Gasteiger partial charge in [-0.1, -0.05) is 0 Å². The molecule has 0 spiro atoms. The van der Waals surface area contributed by atoms with Crippen molar-refractivity contribution < 1.29 is 19.1 Å². The monoisotopic (exact) mass is 229 g/mol. The molecular formula is C9H11NO4S. The minimum atomic E-state index is -0.737. The van der Waals surface area contributed by atoms with Gasteiger partial charge in [0.15, 0.2) is 5.06 Å². The van der Waals surface area contributed by atoms with Gasteiger partial charge in [-0.05, 0) is 24.4 Å². The van der Waals surface area contributed by atoms with Crippen LogP contribution in [0.15, 0.2) is 17.5 Å². The summed E-state index contributed by atoms with van der Waals surface area (Å²) in [7, 11) is 1.23. The third-order valence-electron chi connectivity index (χ3n) is 1.57. The van der Waals surface area contributed by atoms with Gasteiger partial charge in [0.1, 0.15) is 6.04 Å². The molecule has 1 amide bonds. The summed E-state index contributed by atoms with van der Waals surface area (Å²) in [5, 5.41) is 4.60. The van der Waals surface area contributed by atoms with E-state index in [4.69, 9.17) is 4.74 Å². The van der Waals surface area contributed by atoms with Crippen LogP contribution in [0.4, 0.5) is 4.79 Å². The lowest BCUT2D eigenvalue weighted by Gasteiger charge is -2.10. The van der Waals surface area contributed by atoms with Crippen molar-refractivity contribution in [3.05, 3.63) is 17.5 Å². The molecule has 0 radical (unpaired) electrons. The molecule has 1 heterocycles. The number of esters is 1. The summed E-state index contributed by atoms with van der Waals surface area (Å²) in [6.07, 6.45) is -0.661. The lowest BCUT2D eigenvalue weighted by Crippen LogP contribution is -2.40. The number of ether oxygens (including phenoxy) is 2. The van der Waals surface area contributed by atoms with Crippen molar-refractivity contribution in [2.45, 2.75) is 13.0 Å². The van der Waals surface area contributed by atoms with Crippen molar-refractivity contribution in [3.8, 4) is 5.06 Å². The first-order valence-electron chi connectivity index (χ1n) is 4.23. The molecule has 5 nitrogen and oxygen atoms in total. The van der Waals surface area contributed by atoms with Gasteiger partial charge in [-0.2, -0.15) is 0 Å². The van der Waals surface area contributed by atoms with Crippen molar-refractivity contribution in [1.82, 2.24) is 5.32 Å². The van der Waals surface area contributed by atoms with E-state index in [-0.39, 0.29) is 0 Å². The minimum Gasteiger partial charge on any atom is -0.453 e. The van der Waals surface area contributed by atoms with E-state index in [0.29, 0.717) is 5.06 Å². The average Bonchev–Trinajstić information content (AvgIpc) is 2.70. The Morgan fingerprint density at radius 1 is 1.53 bits per heavy atom. The highest BCUT2D eigenvalue weighted by atomic mass is 32.1. The zero-order chi connectivity index (χ0) is 11.3.